The molecule has 2 amide bonds. The van der Waals surface area contributed by atoms with Crippen molar-refractivity contribution in [1.82, 2.24) is 10.6 Å². The summed E-state index contributed by atoms with van der Waals surface area (Å²) in [6.45, 7) is 2.88. The summed E-state index contributed by atoms with van der Waals surface area (Å²) in [5.41, 5.74) is 1.10. The van der Waals surface area contributed by atoms with E-state index in [1.807, 2.05) is 6.92 Å². The maximum Gasteiger partial charge on any atom is 0.269 e. The molecule has 0 radical (unpaired) electrons. The van der Waals surface area contributed by atoms with Gasteiger partial charge < -0.3 is 20.7 Å². The molecule has 2 aromatic rings. The zero-order valence-electron chi connectivity index (χ0n) is 15.4. The Labute approximate surface area is 162 Å². The van der Waals surface area contributed by atoms with Crippen molar-refractivity contribution >= 4 is 23.2 Å². The van der Waals surface area contributed by atoms with Crippen LogP contribution in [0.3, 0.4) is 0 Å². The Morgan fingerprint density at radius 3 is 2.43 bits per heavy atom. The summed E-state index contributed by atoms with van der Waals surface area (Å²) in [4.78, 5) is 34.2. The third-order valence-corrected chi connectivity index (χ3v) is 3.70. The second kappa shape index (κ2) is 10.5. The van der Waals surface area contributed by atoms with Crippen molar-refractivity contribution in [3.8, 4) is 5.75 Å². The van der Waals surface area contributed by atoms with Crippen molar-refractivity contribution in [3.63, 3.8) is 0 Å². The van der Waals surface area contributed by atoms with Gasteiger partial charge in [-0.25, -0.2) is 0 Å². The first kappa shape index (κ1) is 20.7. The van der Waals surface area contributed by atoms with Crippen LogP contribution in [0.4, 0.5) is 11.4 Å². The molecule has 2 rings (SSSR count). The first-order valence-corrected chi connectivity index (χ1v) is 8.76. The molecule has 2 aromatic carbocycles. The predicted molar refractivity (Wildman–Crippen MR) is 105 cm³/mol. The highest BCUT2D eigenvalue weighted by molar-refractivity contribution is 5.98. The average Bonchev–Trinajstić information content (AvgIpc) is 2.70. The van der Waals surface area contributed by atoms with Crippen LogP contribution >= 0.6 is 0 Å². The normalized spacial score (nSPS) is 10.0. The topological polar surface area (TPSA) is 123 Å². The molecule has 9 heteroatoms. The van der Waals surface area contributed by atoms with Gasteiger partial charge in [0, 0.05) is 30.9 Å². The number of carbonyl (C=O) groups is 2. The third-order valence-electron chi connectivity index (χ3n) is 3.70. The Balaban J connectivity index is 1.70. The highest BCUT2D eigenvalue weighted by atomic mass is 16.6. The van der Waals surface area contributed by atoms with Gasteiger partial charge in [-0.3, -0.25) is 19.7 Å². The lowest BCUT2D eigenvalue weighted by molar-refractivity contribution is -0.384. The SMILES string of the molecule is CCOc1ccccc1C(=O)NCC(=O)NCCNc1ccc([N+](=O)[O-])cc1. The lowest BCUT2D eigenvalue weighted by Crippen LogP contribution is -2.38. The van der Waals surface area contributed by atoms with E-state index in [9.17, 15) is 19.7 Å². The lowest BCUT2D eigenvalue weighted by Gasteiger charge is -2.11. The molecule has 3 N–H and O–H groups in total. The van der Waals surface area contributed by atoms with Crippen molar-refractivity contribution in [1.29, 1.82) is 0 Å². The second-order valence-electron chi connectivity index (χ2n) is 5.69. The van der Waals surface area contributed by atoms with Gasteiger partial charge in [0.1, 0.15) is 5.75 Å². The van der Waals surface area contributed by atoms with Crippen LogP contribution in [0.1, 0.15) is 17.3 Å². The van der Waals surface area contributed by atoms with Gasteiger partial charge in [0.2, 0.25) is 5.91 Å². The average molecular weight is 386 g/mol. The molecule has 9 nitrogen and oxygen atoms in total. The van der Waals surface area contributed by atoms with Crippen molar-refractivity contribution in [2.24, 2.45) is 0 Å². The molecular formula is C19H22N4O5. The first-order valence-electron chi connectivity index (χ1n) is 8.76. The van der Waals surface area contributed by atoms with E-state index in [-0.39, 0.29) is 24.0 Å². The number of rotatable bonds is 10. The number of amides is 2. The minimum absolute atomic E-state index is 0.0144. The molecule has 0 heterocycles. The van der Waals surface area contributed by atoms with Crippen LogP contribution in [0.5, 0.6) is 5.75 Å². The highest BCUT2D eigenvalue weighted by Crippen LogP contribution is 2.17. The summed E-state index contributed by atoms with van der Waals surface area (Å²) in [5.74, 6) is -0.244. The third kappa shape index (κ3) is 6.27. The van der Waals surface area contributed by atoms with Gasteiger partial charge in [-0.05, 0) is 31.2 Å². The minimum Gasteiger partial charge on any atom is -0.493 e. The van der Waals surface area contributed by atoms with Gasteiger partial charge >= 0.3 is 0 Å². The number of hydrogen-bond acceptors (Lipinski definition) is 6. The van der Waals surface area contributed by atoms with Crippen LogP contribution in [-0.2, 0) is 4.79 Å². The van der Waals surface area contributed by atoms with Gasteiger partial charge in [0.15, 0.2) is 0 Å². The van der Waals surface area contributed by atoms with Gasteiger partial charge in [-0.15, -0.1) is 0 Å². The molecule has 148 valence electrons. The second-order valence-corrected chi connectivity index (χ2v) is 5.69. The molecule has 0 aromatic heterocycles. The van der Waals surface area contributed by atoms with Crippen LogP contribution in [0, 0.1) is 10.1 Å². The Morgan fingerprint density at radius 1 is 1.04 bits per heavy atom. The van der Waals surface area contributed by atoms with E-state index in [2.05, 4.69) is 16.0 Å². The summed E-state index contributed by atoms with van der Waals surface area (Å²) < 4.78 is 5.40. The van der Waals surface area contributed by atoms with E-state index < -0.39 is 4.92 Å². The number of non-ortho nitro benzene ring substituents is 1. The summed E-state index contributed by atoms with van der Waals surface area (Å²) in [6.07, 6.45) is 0. The molecule has 28 heavy (non-hydrogen) atoms. The van der Waals surface area contributed by atoms with E-state index in [0.717, 1.165) is 0 Å². The fraction of sp³-hybridized carbons (Fsp3) is 0.263. The number of nitro groups is 1. The minimum atomic E-state index is -0.467. The van der Waals surface area contributed by atoms with Crippen LogP contribution in [-0.4, -0.2) is 43.0 Å². The van der Waals surface area contributed by atoms with Crippen LogP contribution < -0.4 is 20.7 Å². The van der Waals surface area contributed by atoms with E-state index in [1.54, 1.807) is 36.4 Å². The summed E-state index contributed by atoms with van der Waals surface area (Å²) >= 11 is 0. The monoisotopic (exact) mass is 386 g/mol. The summed E-state index contributed by atoms with van der Waals surface area (Å²) in [7, 11) is 0. The molecule has 0 unspecified atom stereocenters. The molecule has 0 saturated carbocycles. The molecule has 0 atom stereocenters. The fourth-order valence-electron chi connectivity index (χ4n) is 2.36. The van der Waals surface area contributed by atoms with Gasteiger partial charge in [-0.2, -0.15) is 0 Å². The Bertz CT molecular complexity index is 823. The largest absolute Gasteiger partial charge is 0.493 e. The zero-order chi connectivity index (χ0) is 20.4. The number of benzene rings is 2. The lowest BCUT2D eigenvalue weighted by atomic mass is 10.2. The number of nitrogens with zero attached hydrogens (tertiary/aromatic N) is 1. The number of ether oxygens (including phenoxy) is 1. The number of anilines is 1. The standard InChI is InChI=1S/C19H22N4O5/c1-2-28-17-6-4-3-5-16(17)19(25)22-13-18(24)21-12-11-20-14-7-9-15(10-8-14)23(26)27/h3-10,20H,2,11-13H2,1H3,(H,21,24)(H,22,25). The molecule has 0 aliphatic carbocycles. The van der Waals surface area contributed by atoms with Gasteiger partial charge in [-0.1, -0.05) is 12.1 Å². The molecule has 0 bridgehead atoms. The smallest absolute Gasteiger partial charge is 0.269 e. The van der Waals surface area contributed by atoms with Crippen molar-refractivity contribution in [2.45, 2.75) is 6.92 Å². The summed E-state index contributed by atoms with van der Waals surface area (Å²) in [5, 5.41) is 18.9. The molecular weight excluding hydrogens is 364 g/mol. The molecule has 0 fully saturated rings. The number of carbonyl (C=O) groups excluding carboxylic acids is 2. The van der Waals surface area contributed by atoms with Crippen LogP contribution in [0.2, 0.25) is 0 Å². The van der Waals surface area contributed by atoms with Crippen molar-refractivity contribution < 1.29 is 19.2 Å². The number of nitrogens with one attached hydrogen (secondary N) is 3. The zero-order valence-corrected chi connectivity index (χ0v) is 15.4. The van der Waals surface area contributed by atoms with E-state index in [0.29, 0.717) is 36.7 Å². The number of nitro benzene ring substituents is 1. The van der Waals surface area contributed by atoms with Gasteiger partial charge in [0.25, 0.3) is 11.6 Å². The highest BCUT2D eigenvalue weighted by Gasteiger charge is 2.12. The number of para-hydroxylation sites is 1. The van der Waals surface area contributed by atoms with Crippen LogP contribution in [0.25, 0.3) is 0 Å². The molecule has 0 spiro atoms. The molecule has 0 aliphatic heterocycles. The van der Waals surface area contributed by atoms with Crippen LogP contribution in [0.15, 0.2) is 48.5 Å². The van der Waals surface area contributed by atoms with E-state index in [1.165, 1.54) is 12.1 Å². The maximum atomic E-state index is 12.2. The van der Waals surface area contributed by atoms with Crippen molar-refractivity contribution in [3.05, 3.63) is 64.2 Å². The Morgan fingerprint density at radius 2 is 1.75 bits per heavy atom. The van der Waals surface area contributed by atoms with E-state index in [4.69, 9.17) is 4.74 Å². The molecule has 0 aliphatic rings. The Hall–Kier alpha value is -3.62. The Kier molecular flexibility index (Phi) is 7.77. The maximum absolute atomic E-state index is 12.2. The number of hydrogen-bond donors (Lipinski definition) is 3. The molecule has 0 saturated heterocycles. The van der Waals surface area contributed by atoms with Gasteiger partial charge in [0.05, 0.1) is 23.6 Å². The fourth-order valence-corrected chi connectivity index (χ4v) is 2.36. The first-order chi connectivity index (χ1) is 13.5. The predicted octanol–water partition coefficient (Wildman–Crippen LogP) is 1.95. The quantitative estimate of drug-likeness (QED) is 0.326. The summed E-state index contributed by atoms with van der Waals surface area (Å²) in [6, 6.07) is 12.8. The van der Waals surface area contributed by atoms with Crippen molar-refractivity contribution in [2.75, 3.05) is 31.6 Å². The van der Waals surface area contributed by atoms with E-state index >= 15 is 0 Å².